The first-order chi connectivity index (χ1) is 7.15. The second kappa shape index (κ2) is 3.64. The summed E-state index contributed by atoms with van der Waals surface area (Å²) in [6, 6.07) is 4.55. The van der Waals surface area contributed by atoms with Crippen molar-refractivity contribution in [3.05, 3.63) is 34.3 Å². The number of imide groups is 1. The quantitative estimate of drug-likeness (QED) is 0.762. The number of hydrogen-bond donors (Lipinski definition) is 1. The Kier molecular flexibility index (Phi) is 2.46. The Hall–Kier alpha value is -1.39. The molecule has 1 aliphatic heterocycles. The van der Waals surface area contributed by atoms with Crippen LogP contribution in [-0.4, -0.2) is 35.0 Å². The Morgan fingerprint density at radius 3 is 2.53 bits per heavy atom. The third-order valence-electron chi connectivity index (χ3n) is 2.26. The van der Waals surface area contributed by atoms with Gasteiger partial charge < -0.3 is 5.11 Å². The van der Waals surface area contributed by atoms with Gasteiger partial charge in [0, 0.05) is 5.02 Å². The van der Waals surface area contributed by atoms with E-state index in [-0.39, 0.29) is 19.1 Å². The maximum absolute atomic E-state index is 11.7. The standard InChI is InChI=1S/C10H8ClNO3/c11-6-1-2-7-8(5-6)10(15)12(3-4-13)9(7)14/h1-2,5,13H,3-4H2. The summed E-state index contributed by atoms with van der Waals surface area (Å²) in [6.45, 7) is -0.219. The Labute approximate surface area is 91.1 Å². The predicted octanol–water partition coefficient (Wildman–Crippen LogP) is 0.928. The van der Waals surface area contributed by atoms with Gasteiger partial charge in [-0.05, 0) is 18.2 Å². The highest BCUT2D eigenvalue weighted by atomic mass is 35.5. The number of hydrogen-bond acceptors (Lipinski definition) is 3. The van der Waals surface area contributed by atoms with Crippen LogP contribution in [0.4, 0.5) is 0 Å². The number of fused-ring (bicyclic) bond motifs is 1. The molecule has 0 saturated heterocycles. The number of nitrogens with zero attached hydrogens (tertiary/aromatic N) is 1. The van der Waals surface area contributed by atoms with E-state index < -0.39 is 5.91 Å². The second-order valence-corrected chi connectivity index (χ2v) is 3.61. The molecule has 2 amide bonds. The van der Waals surface area contributed by atoms with Crippen molar-refractivity contribution < 1.29 is 14.7 Å². The molecule has 1 N–H and O–H groups in total. The molecule has 0 unspecified atom stereocenters. The molecule has 4 nitrogen and oxygen atoms in total. The molecule has 1 heterocycles. The number of rotatable bonds is 2. The maximum Gasteiger partial charge on any atom is 0.261 e. The molecular formula is C10H8ClNO3. The SMILES string of the molecule is O=C1c2ccc(Cl)cc2C(=O)N1CCO. The van der Waals surface area contributed by atoms with E-state index in [9.17, 15) is 9.59 Å². The van der Waals surface area contributed by atoms with Crippen molar-refractivity contribution in [3.63, 3.8) is 0 Å². The zero-order valence-electron chi connectivity index (χ0n) is 7.74. The Morgan fingerprint density at radius 1 is 1.20 bits per heavy atom. The lowest BCUT2D eigenvalue weighted by Gasteiger charge is -2.10. The normalized spacial score (nSPS) is 14.7. The molecule has 0 aliphatic carbocycles. The van der Waals surface area contributed by atoms with Crippen molar-refractivity contribution in [2.75, 3.05) is 13.2 Å². The van der Waals surface area contributed by atoms with E-state index in [4.69, 9.17) is 16.7 Å². The summed E-state index contributed by atoms with van der Waals surface area (Å²) in [6.07, 6.45) is 0. The first-order valence-corrected chi connectivity index (χ1v) is 4.79. The van der Waals surface area contributed by atoms with Gasteiger partial charge in [0.05, 0.1) is 24.3 Å². The van der Waals surface area contributed by atoms with Crippen LogP contribution in [-0.2, 0) is 0 Å². The fraction of sp³-hybridized carbons (Fsp3) is 0.200. The monoisotopic (exact) mass is 225 g/mol. The number of carbonyl (C=O) groups is 2. The fourth-order valence-electron chi connectivity index (χ4n) is 1.57. The van der Waals surface area contributed by atoms with Gasteiger partial charge in [0.1, 0.15) is 0 Å². The zero-order chi connectivity index (χ0) is 11.0. The van der Waals surface area contributed by atoms with Crippen LogP contribution in [0.5, 0.6) is 0 Å². The van der Waals surface area contributed by atoms with E-state index in [0.717, 1.165) is 4.90 Å². The minimum atomic E-state index is -0.397. The van der Waals surface area contributed by atoms with E-state index in [0.29, 0.717) is 16.1 Å². The molecule has 0 bridgehead atoms. The van der Waals surface area contributed by atoms with Crippen LogP contribution in [0.2, 0.25) is 5.02 Å². The van der Waals surface area contributed by atoms with Crippen molar-refractivity contribution in [3.8, 4) is 0 Å². The summed E-state index contributed by atoms with van der Waals surface area (Å²) in [5.74, 6) is -0.771. The maximum atomic E-state index is 11.7. The number of β-amino-alcohol motifs (C(OH)–C–C–N with tert-alkyl or cyclic N) is 1. The Morgan fingerprint density at radius 2 is 1.87 bits per heavy atom. The third-order valence-corrected chi connectivity index (χ3v) is 2.49. The van der Waals surface area contributed by atoms with Gasteiger partial charge in [0.2, 0.25) is 0 Å². The molecule has 1 aliphatic rings. The third kappa shape index (κ3) is 1.52. The molecule has 5 heteroatoms. The molecule has 0 spiro atoms. The van der Waals surface area contributed by atoms with Crippen molar-refractivity contribution in [1.29, 1.82) is 0 Å². The van der Waals surface area contributed by atoms with Crippen LogP contribution in [0, 0.1) is 0 Å². The van der Waals surface area contributed by atoms with E-state index >= 15 is 0 Å². The van der Waals surface area contributed by atoms with Gasteiger partial charge in [0.15, 0.2) is 0 Å². The van der Waals surface area contributed by atoms with Crippen LogP contribution < -0.4 is 0 Å². The first-order valence-electron chi connectivity index (χ1n) is 4.41. The van der Waals surface area contributed by atoms with Crippen molar-refractivity contribution >= 4 is 23.4 Å². The number of halogens is 1. The predicted molar refractivity (Wildman–Crippen MR) is 53.9 cm³/mol. The first kappa shape index (κ1) is 10.1. The fourth-order valence-corrected chi connectivity index (χ4v) is 1.74. The van der Waals surface area contributed by atoms with Crippen molar-refractivity contribution in [2.45, 2.75) is 0 Å². The van der Waals surface area contributed by atoms with Crippen LogP contribution in [0.15, 0.2) is 18.2 Å². The molecule has 0 radical (unpaired) electrons. The lowest BCUT2D eigenvalue weighted by molar-refractivity contribution is 0.0624. The molecule has 2 rings (SSSR count). The minimum Gasteiger partial charge on any atom is -0.395 e. The number of aliphatic hydroxyl groups excluding tert-OH is 1. The zero-order valence-corrected chi connectivity index (χ0v) is 8.49. The summed E-state index contributed by atoms with van der Waals surface area (Å²) >= 11 is 5.73. The van der Waals surface area contributed by atoms with Gasteiger partial charge in [-0.25, -0.2) is 0 Å². The number of aliphatic hydroxyl groups is 1. The Balaban J connectivity index is 2.46. The molecular weight excluding hydrogens is 218 g/mol. The van der Waals surface area contributed by atoms with E-state index in [2.05, 4.69) is 0 Å². The lowest BCUT2D eigenvalue weighted by atomic mass is 10.1. The summed E-state index contributed by atoms with van der Waals surface area (Å²) in [4.78, 5) is 24.4. The molecule has 0 saturated carbocycles. The number of carbonyl (C=O) groups excluding carboxylic acids is 2. The summed E-state index contributed by atoms with van der Waals surface area (Å²) < 4.78 is 0. The largest absolute Gasteiger partial charge is 0.395 e. The molecule has 1 aromatic carbocycles. The molecule has 0 fully saturated rings. The van der Waals surface area contributed by atoms with Crippen LogP contribution in [0.1, 0.15) is 20.7 Å². The number of amides is 2. The molecule has 1 aromatic rings. The number of benzene rings is 1. The highest BCUT2D eigenvalue weighted by molar-refractivity contribution is 6.32. The highest BCUT2D eigenvalue weighted by Crippen LogP contribution is 2.25. The molecule has 0 aromatic heterocycles. The van der Waals surface area contributed by atoms with Crippen molar-refractivity contribution in [2.24, 2.45) is 0 Å². The topological polar surface area (TPSA) is 57.6 Å². The average molecular weight is 226 g/mol. The Bertz CT molecular complexity index is 444. The van der Waals surface area contributed by atoms with Gasteiger partial charge in [-0.3, -0.25) is 14.5 Å². The van der Waals surface area contributed by atoms with Gasteiger partial charge in [-0.2, -0.15) is 0 Å². The van der Waals surface area contributed by atoms with E-state index in [1.165, 1.54) is 12.1 Å². The summed E-state index contributed by atoms with van der Waals surface area (Å²) in [7, 11) is 0. The highest BCUT2D eigenvalue weighted by Gasteiger charge is 2.34. The summed E-state index contributed by atoms with van der Waals surface area (Å²) in [5, 5.41) is 9.14. The van der Waals surface area contributed by atoms with E-state index in [1.807, 2.05) is 0 Å². The smallest absolute Gasteiger partial charge is 0.261 e. The molecule has 0 atom stereocenters. The van der Waals surface area contributed by atoms with Gasteiger partial charge in [-0.1, -0.05) is 11.6 Å². The van der Waals surface area contributed by atoms with E-state index in [1.54, 1.807) is 6.07 Å². The average Bonchev–Trinajstić information content (AvgIpc) is 2.44. The van der Waals surface area contributed by atoms with Crippen LogP contribution in [0.3, 0.4) is 0 Å². The molecule has 78 valence electrons. The lowest BCUT2D eigenvalue weighted by Crippen LogP contribution is -2.32. The minimum absolute atomic E-state index is 0.0178. The van der Waals surface area contributed by atoms with Crippen LogP contribution in [0.25, 0.3) is 0 Å². The van der Waals surface area contributed by atoms with Crippen molar-refractivity contribution in [1.82, 2.24) is 4.90 Å². The second-order valence-electron chi connectivity index (χ2n) is 3.18. The van der Waals surface area contributed by atoms with Gasteiger partial charge >= 0.3 is 0 Å². The van der Waals surface area contributed by atoms with Gasteiger partial charge in [0.25, 0.3) is 11.8 Å². The van der Waals surface area contributed by atoms with Gasteiger partial charge in [-0.15, -0.1) is 0 Å². The molecule has 15 heavy (non-hydrogen) atoms. The summed E-state index contributed by atoms with van der Waals surface area (Å²) in [5.41, 5.74) is 0.652. The van der Waals surface area contributed by atoms with Crippen LogP contribution >= 0.6 is 11.6 Å².